The van der Waals surface area contributed by atoms with Gasteiger partial charge in [0.15, 0.2) is 5.82 Å². The van der Waals surface area contributed by atoms with E-state index in [1.165, 1.54) is 4.68 Å². The van der Waals surface area contributed by atoms with E-state index in [2.05, 4.69) is 10.1 Å². The minimum atomic E-state index is 0.0104. The standard InChI is InChI=1S/C7H13N3O/c1-4-10-7(11)8-6(9-10)5(2)3/h5H,4H2,1-3H3,(H,8,9,11). The fourth-order valence-corrected chi connectivity index (χ4v) is 0.808. The fourth-order valence-electron chi connectivity index (χ4n) is 0.808. The van der Waals surface area contributed by atoms with Crippen LogP contribution in [0.4, 0.5) is 0 Å². The summed E-state index contributed by atoms with van der Waals surface area (Å²) in [6.07, 6.45) is 0. The van der Waals surface area contributed by atoms with E-state index >= 15 is 0 Å². The predicted octanol–water partition coefficient (Wildman–Crippen LogP) is 1.13. The molecule has 1 aromatic heterocycles. The van der Waals surface area contributed by atoms with Crippen LogP contribution in [0.25, 0.3) is 0 Å². The Labute approximate surface area is 65.9 Å². The molecule has 0 aliphatic rings. The van der Waals surface area contributed by atoms with Crippen LogP contribution in [0.15, 0.2) is 0 Å². The topological polar surface area (TPSA) is 50.9 Å². The van der Waals surface area contributed by atoms with Gasteiger partial charge in [-0.05, 0) is 6.92 Å². The Morgan fingerprint density at radius 1 is 1.55 bits per heavy atom. The van der Waals surface area contributed by atoms with Crippen LogP contribution in [0.5, 0.6) is 6.01 Å². The molecule has 0 aromatic carbocycles. The van der Waals surface area contributed by atoms with Gasteiger partial charge in [-0.2, -0.15) is 10.1 Å². The highest BCUT2D eigenvalue weighted by atomic mass is 16.3. The molecule has 1 heterocycles. The first-order chi connectivity index (χ1) is 5.15. The Morgan fingerprint density at radius 3 is 2.45 bits per heavy atom. The first-order valence-electron chi connectivity index (χ1n) is 3.78. The lowest BCUT2D eigenvalue weighted by molar-refractivity contribution is 0.389. The second-order valence-electron chi connectivity index (χ2n) is 2.74. The van der Waals surface area contributed by atoms with Crippen molar-refractivity contribution in [2.24, 2.45) is 0 Å². The summed E-state index contributed by atoms with van der Waals surface area (Å²) < 4.78 is 1.48. The third kappa shape index (κ3) is 1.50. The molecule has 0 radical (unpaired) electrons. The molecule has 11 heavy (non-hydrogen) atoms. The number of rotatable bonds is 2. The van der Waals surface area contributed by atoms with Gasteiger partial charge in [-0.3, -0.25) is 0 Å². The third-order valence-electron chi connectivity index (χ3n) is 1.48. The smallest absolute Gasteiger partial charge is 0.312 e. The van der Waals surface area contributed by atoms with E-state index in [1.807, 2.05) is 20.8 Å². The van der Waals surface area contributed by atoms with Crippen LogP contribution in [0, 0.1) is 0 Å². The lowest BCUT2D eigenvalue weighted by Gasteiger charge is -1.94. The van der Waals surface area contributed by atoms with Crippen molar-refractivity contribution in [2.75, 3.05) is 0 Å². The largest absolute Gasteiger partial charge is 0.479 e. The van der Waals surface area contributed by atoms with Crippen LogP contribution in [-0.4, -0.2) is 19.9 Å². The van der Waals surface area contributed by atoms with Gasteiger partial charge in [0, 0.05) is 12.5 Å². The number of hydrogen-bond acceptors (Lipinski definition) is 3. The molecular formula is C7H13N3O. The average molecular weight is 155 g/mol. The van der Waals surface area contributed by atoms with Crippen molar-refractivity contribution >= 4 is 0 Å². The second kappa shape index (κ2) is 2.90. The summed E-state index contributed by atoms with van der Waals surface area (Å²) in [4.78, 5) is 3.89. The van der Waals surface area contributed by atoms with Crippen molar-refractivity contribution < 1.29 is 5.11 Å². The Balaban J connectivity index is 2.95. The summed E-state index contributed by atoms with van der Waals surface area (Å²) in [6.45, 7) is 6.56. The zero-order valence-electron chi connectivity index (χ0n) is 7.07. The first kappa shape index (κ1) is 8.04. The summed E-state index contributed by atoms with van der Waals surface area (Å²) in [5.74, 6) is 0.970. The molecule has 1 aromatic rings. The molecular weight excluding hydrogens is 142 g/mol. The highest BCUT2D eigenvalue weighted by molar-refractivity contribution is 4.99. The molecule has 0 bridgehead atoms. The van der Waals surface area contributed by atoms with Gasteiger partial charge in [0.1, 0.15) is 0 Å². The Hall–Kier alpha value is -1.06. The monoisotopic (exact) mass is 155 g/mol. The molecule has 0 saturated carbocycles. The van der Waals surface area contributed by atoms with Gasteiger partial charge in [-0.1, -0.05) is 13.8 Å². The van der Waals surface area contributed by atoms with E-state index in [0.29, 0.717) is 12.4 Å². The van der Waals surface area contributed by atoms with Crippen molar-refractivity contribution in [3.8, 4) is 6.01 Å². The maximum absolute atomic E-state index is 9.17. The number of nitrogens with zero attached hydrogens (tertiary/aromatic N) is 3. The van der Waals surface area contributed by atoms with Crippen LogP contribution < -0.4 is 0 Å². The molecule has 0 aliphatic heterocycles. The molecule has 0 saturated heterocycles. The molecule has 0 unspecified atom stereocenters. The number of aryl methyl sites for hydroxylation is 1. The normalized spacial score (nSPS) is 10.9. The van der Waals surface area contributed by atoms with Crippen molar-refractivity contribution in [2.45, 2.75) is 33.2 Å². The van der Waals surface area contributed by atoms with E-state index in [1.54, 1.807) is 0 Å². The second-order valence-corrected chi connectivity index (χ2v) is 2.74. The fraction of sp³-hybridized carbons (Fsp3) is 0.714. The number of hydrogen-bond donors (Lipinski definition) is 1. The van der Waals surface area contributed by atoms with E-state index < -0.39 is 0 Å². The minimum Gasteiger partial charge on any atom is -0.479 e. The van der Waals surface area contributed by atoms with Crippen LogP contribution in [0.1, 0.15) is 32.5 Å². The zero-order valence-corrected chi connectivity index (χ0v) is 7.07. The van der Waals surface area contributed by atoms with Gasteiger partial charge in [0.25, 0.3) is 0 Å². The van der Waals surface area contributed by atoms with Crippen molar-refractivity contribution in [1.82, 2.24) is 14.8 Å². The number of aromatic hydroxyl groups is 1. The maximum Gasteiger partial charge on any atom is 0.312 e. The molecule has 62 valence electrons. The zero-order chi connectivity index (χ0) is 8.43. The molecule has 0 amide bonds. The Bertz CT molecular complexity index is 242. The van der Waals surface area contributed by atoms with Gasteiger partial charge in [0.2, 0.25) is 0 Å². The molecule has 4 nitrogen and oxygen atoms in total. The van der Waals surface area contributed by atoms with Gasteiger partial charge < -0.3 is 5.11 Å². The van der Waals surface area contributed by atoms with Gasteiger partial charge >= 0.3 is 6.01 Å². The van der Waals surface area contributed by atoms with E-state index in [9.17, 15) is 0 Å². The first-order valence-corrected chi connectivity index (χ1v) is 3.78. The highest BCUT2D eigenvalue weighted by Crippen LogP contribution is 2.12. The van der Waals surface area contributed by atoms with Crippen molar-refractivity contribution in [1.29, 1.82) is 0 Å². The van der Waals surface area contributed by atoms with E-state index in [0.717, 1.165) is 0 Å². The molecule has 0 fully saturated rings. The SMILES string of the molecule is CCn1nc(C(C)C)nc1O. The summed E-state index contributed by atoms with van der Waals surface area (Å²) in [7, 11) is 0. The molecule has 0 aliphatic carbocycles. The summed E-state index contributed by atoms with van der Waals surface area (Å²) in [5, 5.41) is 13.3. The van der Waals surface area contributed by atoms with E-state index in [4.69, 9.17) is 5.11 Å². The minimum absolute atomic E-state index is 0.0104. The Kier molecular flexibility index (Phi) is 2.12. The molecule has 4 heteroatoms. The van der Waals surface area contributed by atoms with Gasteiger partial charge in [0.05, 0.1) is 0 Å². The summed E-state index contributed by atoms with van der Waals surface area (Å²) in [6, 6.07) is 0.0104. The molecule has 0 spiro atoms. The van der Waals surface area contributed by atoms with Crippen LogP contribution >= 0.6 is 0 Å². The number of aromatic nitrogens is 3. The summed E-state index contributed by atoms with van der Waals surface area (Å²) in [5.41, 5.74) is 0. The van der Waals surface area contributed by atoms with Crippen LogP contribution in [0.3, 0.4) is 0 Å². The highest BCUT2D eigenvalue weighted by Gasteiger charge is 2.09. The average Bonchev–Trinajstić information content (AvgIpc) is 2.31. The van der Waals surface area contributed by atoms with Crippen molar-refractivity contribution in [3.63, 3.8) is 0 Å². The molecule has 1 rings (SSSR count). The lowest BCUT2D eigenvalue weighted by Crippen LogP contribution is -1.97. The van der Waals surface area contributed by atoms with Crippen LogP contribution in [0.2, 0.25) is 0 Å². The quantitative estimate of drug-likeness (QED) is 0.696. The van der Waals surface area contributed by atoms with E-state index in [-0.39, 0.29) is 11.9 Å². The Morgan fingerprint density at radius 2 is 2.18 bits per heavy atom. The summed E-state index contributed by atoms with van der Waals surface area (Å²) >= 11 is 0. The molecule has 1 N–H and O–H groups in total. The predicted molar refractivity (Wildman–Crippen MR) is 41.4 cm³/mol. The van der Waals surface area contributed by atoms with Gasteiger partial charge in [-0.25, -0.2) is 4.68 Å². The third-order valence-corrected chi connectivity index (χ3v) is 1.48. The maximum atomic E-state index is 9.17. The van der Waals surface area contributed by atoms with Crippen molar-refractivity contribution in [3.05, 3.63) is 5.82 Å². The van der Waals surface area contributed by atoms with Gasteiger partial charge in [-0.15, -0.1) is 0 Å². The molecule has 0 atom stereocenters. The van der Waals surface area contributed by atoms with Crippen LogP contribution in [-0.2, 0) is 6.54 Å². The lowest BCUT2D eigenvalue weighted by atomic mass is 10.2.